The van der Waals surface area contributed by atoms with Gasteiger partial charge in [0.15, 0.2) is 0 Å². The van der Waals surface area contributed by atoms with E-state index in [1.54, 1.807) is 9.81 Å². The first-order valence-electron chi connectivity index (χ1n) is 6.49. The molecular formula is C18H13Bi. The van der Waals surface area contributed by atoms with Crippen LogP contribution in [0.5, 0.6) is 0 Å². The van der Waals surface area contributed by atoms with Crippen LogP contribution in [0.4, 0.5) is 0 Å². The van der Waals surface area contributed by atoms with Crippen molar-refractivity contribution in [2.24, 2.45) is 0 Å². The van der Waals surface area contributed by atoms with Crippen molar-refractivity contribution in [3.05, 3.63) is 78.9 Å². The van der Waals surface area contributed by atoms with Gasteiger partial charge in [-0.05, 0) is 0 Å². The average molecular weight is 438 g/mol. The second-order valence-corrected chi connectivity index (χ2v) is 13.1. The van der Waals surface area contributed by atoms with Crippen LogP contribution in [-0.2, 0) is 0 Å². The van der Waals surface area contributed by atoms with Crippen molar-refractivity contribution in [3.63, 3.8) is 0 Å². The summed E-state index contributed by atoms with van der Waals surface area (Å²) >= 11 is -1.99. The number of hydrogen-bond acceptors (Lipinski definition) is 0. The van der Waals surface area contributed by atoms with Crippen molar-refractivity contribution in [1.82, 2.24) is 0 Å². The first-order valence-corrected chi connectivity index (χ1v) is 11.7. The van der Waals surface area contributed by atoms with Gasteiger partial charge in [-0.1, -0.05) is 0 Å². The third-order valence-electron chi connectivity index (χ3n) is 3.59. The molecule has 1 heterocycles. The SMILES string of the molecule is c1cc[c]([Bi]2[c]3ccccc3-c3cccc[c]32)cc1. The molecule has 0 atom stereocenters. The molecule has 0 saturated heterocycles. The molecule has 3 aromatic rings. The molecule has 0 spiro atoms. The van der Waals surface area contributed by atoms with Crippen LogP contribution in [-0.4, -0.2) is 21.8 Å². The number of fused-ring (bicyclic) bond motifs is 3. The molecule has 0 fully saturated rings. The minimum absolute atomic E-state index is 1.47. The van der Waals surface area contributed by atoms with Crippen LogP contribution in [0, 0.1) is 0 Å². The van der Waals surface area contributed by atoms with E-state index in [1.165, 1.54) is 11.1 Å². The average Bonchev–Trinajstić information content (AvgIpc) is 2.83. The summed E-state index contributed by atoms with van der Waals surface area (Å²) in [4.78, 5) is 0. The molecule has 0 radical (unpaired) electrons. The van der Waals surface area contributed by atoms with Crippen molar-refractivity contribution in [2.45, 2.75) is 0 Å². The molecule has 0 nitrogen and oxygen atoms in total. The van der Waals surface area contributed by atoms with Crippen LogP contribution in [0.3, 0.4) is 0 Å². The molecule has 1 heteroatoms. The van der Waals surface area contributed by atoms with Crippen molar-refractivity contribution < 1.29 is 0 Å². The van der Waals surface area contributed by atoms with Crippen LogP contribution >= 0.6 is 0 Å². The Morgan fingerprint density at radius 2 is 0.947 bits per heavy atom. The Morgan fingerprint density at radius 3 is 1.53 bits per heavy atom. The van der Waals surface area contributed by atoms with Gasteiger partial charge in [-0.3, -0.25) is 0 Å². The van der Waals surface area contributed by atoms with E-state index in [9.17, 15) is 0 Å². The summed E-state index contributed by atoms with van der Waals surface area (Å²) in [6, 6.07) is 29.1. The molecule has 19 heavy (non-hydrogen) atoms. The molecule has 0 amide bonds. The third kappa shape index (κ3) is 1.76. The Balaban J connectivity index is 2.02. The molecule has 0 saturated carbocycles. The number of hydrogen-bond donors (Lipinski definition) is 0. The number of rotatable bonds is 1. The molecule has 0 aliphatic carbocycles. The van der Waals surface area contributed by atoms with E-state index in [2.05, 4.69) is 78.9 Å². The van der Waals surface area contributed by atoms with Gasteiger partial charge < -0.3 is 0 Å². The van der Waals surface area contributed by atoms with Crippen LogP contribution < -0.4 is 9.81 Å². The fraction of sp³-hybridized carbons (Fsp3) is 0. The first-order chi connectivity index (χ1) is 9.45. The van der Waals surface area contributed by atoms with Gasteiger partial charge in [0.25, 0.3) is 0 Å². The fourth-order valence-electron chi connectivity index (χ4n) is 2.78. The van der Waals surface area contributed by atoms with Crippen LogP contribution in [0.15, 0.2) is 78.9 Å². The van der Waals surface area contributed by atoms with E-state index in [0.717, 1.165) is 0 Å². The predicted molar refractivity (Wildman–Crippen MR) is 83.0 cm³/mol. The van der Waals surface area contributed by atoms with Crippen LogP contribution in [0.25, 0.3) is 11.1 Å². The Bertz CT molecular complexity index is 686. The van der Waals surface area contributed by atoms with Crippen molar-refractivity contribution in [2.75, 3.05) is 0 Å². The van der Waals surface area contributed by atoms with E-state index in [4.69, 9.17) is 0 Å². The molecule has 0 aromatic heterocycles. The van der Waals surface area contributed by atoms with Gasteiger partial charge in [-0.15, -0.1) is 0 Å². The zero-order valence-corrected chi connectivity index (χ0v) is 13.9. The molecule has 90 valence electrons. The second-order valence-electron chi connectivity index (χ2n) is 4.71. The van der Waals surface area contributed by atoms with E-state index in [-0.39, 0.29) is 0 Å². The Labute approximate surface area is 121 Å². The Morgan fingerprint density at radius 1 is 0.474 bits per heavy atom. The van der Waals surface area contributed by atoms with E-state index >= 15 is 0 Å². The minimum atomic E-state index is -1.99. The molecule has 0 unspecified atom stereocenters. The summed E-state index contributed by atoms with van der Waals surface area (Å²) in [5.41, 5.74) is 2.94. The topological polar surface area (TPSA) is 0 Å². The Hall–Kier alpha value is -1.46. The second kappa shape index (κ2) is 4.58. The van der Waals surface area contributed by atoms with Gasteiger partial charge >= 0.3 is 122 Å². The maximum absolute atomic E-state index is 2.35. The van der Waals surface area contributed by atoms with Gasteiger partial charge in [0.05, 0.1) is 0 Å². The normalized spacial score (nSPS) is 13.1. The summed E-state index contributed by atoms with van der Waals surface area (Å²) in [6.45, 7) is 0. The molecule has 0 N–H and O–H groups in total. The fourth-order valence-corrected chi connectivity index (χ4v) is 13.0. The number of benzene rings is 3. The summed E-state index contributed by atoms with van der Waals surface area (Å²) in [5.74, 6) is 0. The standard InChI is InChI=1S/C12H8.C6H5.Bi/c1-3-7-11(8-4-1)12-9-5-2-6-10-12;1-2-4-6-5-3-1;/h1-7,9H;1-5H;. The van der Waals surface area contributed by atoms with Crippen LogP contribution in [0.1, 0.15) is 0 Å². The van der Waals surface area contributed by atoms with Crippen molar-refractivity contribution in [3.8, 4) is 11.1 Å². The van der Waals surface area contributed by atoms with Gasteiger partial charge in [0, 0.05) is 0 Å². The monoisotopic (exact) mass is 438 g/mol. The summed E-state index contributed by atoms with van der Waals surface area (Å²) in [6.07, 6.45) is 0. The van der Waals surface area contributed by atoms with E-state index in [1.807, 2.05) is 0 Å². The summed E-state index contributed by atoms with van der Waals surface area (Å²) in [5, 5.41) is 0. The van der Waals surface area contributed by atoms with Gasteiger partial charge in [-0.2, -0.15) is 0 Å². The molecular weight excluding hydrogens is 425 g/mol. The quantitative estimate of drug-likeness (QED) is 0.400. The maximum atomic E-state index is 2.35. The predicted octanol–water partition coefficient (Wildman–Crippen LogP) is 2.18. The van der Waals surface area contributed by atoms with E-state index in [0.29, 0.717) is 0 Å². The van der Waals surface area contributed by atoms with Gasteiger partial charge in [-0.25, -0.2) is 0 Å². The molecule has 1 aliphatic rings. The van der Waals surface area contributed by atoms with Crippen molar-refractivity contribution >= 4 is 31.6 Å². The summed E-state index contributed by atoms with van der Waals surface area (Å²) < 4.78 is 4.84. The molecule has 3 aromatic carbocycles. The van der Waals surface area contributed by atoms with E-state index < -0.39 is 21.8 Å². The van der Waals surface area contributed by atoms with Crippen molar-refractivity contribution in [1.29, 1.82) is 0 Å². The third-order valence-corrected chi connectivity index (χ3v) is 13.5. The molecule has 4 rings (SSSR count). The first kappa shape index (κ1) is 11.4. The summed E-state index contributed by atoms with van der Waals surface area (Å²) in [7, 11) is 0. The zero-order chi connectivity index (χ0) is 12.7. The Kier molecular flexibility index (Phi) is 2.74. The molecule has 1 aliphatic heterocycles. The molecule has 0 bridgehead atoms. The van der Waals surface area contributed by atoms with Gasteiger partial charge in [0.1, 0.15) is 0 Å². The van der Waals surface area contributed by atoms with Crippen LogP contribution in [0.2, 0.25) is 0 Å². The van der Waals surface area contributed by atoms with Gasteiger partial charge in [0.2, 0.25) is 0 Å². The zero-order valence-electron chi connectivity index (χ0n) is 10.5.